The first kappa shape index (κ1) is 30.3. The molecular formula is C22H40O13. The maximum Gasteiger partial charge on any atom is 0.305 e. The molecule has 0 spiro atoms. The van der Waals surface area contributed by atoms with Crippen molar-refractivity contribution in [3.8, 4) is 0 Å². The molecule has 0 unspecified atom stereocenters. The summed E-state index contributed by atoms with van der Waals surface area (Å²) in [6.07, 6.45) is -9.24. The molecule has 0 aromatic heterocycles. The van der Waals surface area contributed by atoms with Crippen LogP contribution in [0.25, 0.3) is 0 Å². The molecule has 0 radical (unpaired) electrons. The highest BCUT2D eigenvalue weighted by atomic mass is 16.8. The molecule has 0 aliphatic carbocycles. The first-order valence-electron chi connectivity index (χ1n) is 12.0. The standard InChI is InChI=1S/C22H40O13/c1-31-14(25)8-6-4-2-3-5-7-9-32-22-20(18(29)16(27)13(11-24)34-22)35-21-19(30)17(28)15(26)12(10-23)33-21/h12-13,15-24,26-30H,2-11H2,1H3/t12-,13-,15-,16-,17+,18+,19-,20-,21+,22+/m1/s1. The maximum atomic E-state index is 11.1. The lowest BCUT2D eigenvalue weighted by atomic mass is 9.97. The van der Waals surface area contributed by atoms with E-state index in [2.05, 4.69) is 4.74 Å². The van der Waals surface area contributed by atoms with E-state index >= 15 is 0 Å². The van der Waals surface area contributed by atoms with E-state index in [4.69, 9.17) is 18.9 Å². The Kier molecular flexibility index (Phi) is 13.2. The fraction of sp³-hybridized carbons (Fsp3) is 0.955. The average Bonchev–Trinajstić information content (AvgIpc) is 2.86. The SMILES string of the molecule is COC(=O)CCCCCCCCO[C@H]1O[C@H](CO)[C@@H](O)[C@H](O)[C@H]1O[C@@H]1O[C@H](CO)[C@@H](O)[C@H](O)[C@H]1O. The number of carbonyl (C=O) groups excluding carboxylic acids is 1. The zero-order valence-electron chi connectivity index (χ0n) is 19.9. The molecule has 0 saturated carbocycles. The van der Waals surface area contributed by atoms with Crippen molar-refractivity contribution < 1.29 is 64.2 Å². The third-order valence-corrected chi connectivity index (χ3v) is 6.25. The van der Waals surface area contributed by atoms with Gasteiger partial charge in [-0.3, -0.25) is 4.79 Å². The summed E-state index contributed by atoms with van der Waals surface area (Å²) in [6.45, 7) is -1.04. The molecule has 7 N–H and O–H groups in total. The van der Waals surface area contributed by atoms with Crippen LogP contribution < -0.4 is 0 Å². The van der Waals surface area contributed by atoms with Crippen LogP contribution in [-0.2, 0) is 28.5 Å². The lowest BCUT2D eigenvalue weighted by Crippen LogP contribution is -2.64. The lowest BCUT2D eigenvalue weighted by molar-refractivity contribution is -0.367. The number of rotatable bonds is 14. The van der Waals surface area contributed by atoms with Crippen LogP contribution in [0, 0.1) is 0 Å². The Labute approximate surface area is 204 Å². The van der Waals surface area contributed by atoms with Gasteiger partial charge in [-0.25, -0.2) is 0 Å². The number of aliphatic hydroxyl groups is 7. The van der Waals surface area contributed by atoms with Crippen molar-refractivity contribution in [1.82, 2.24) is 0 Å². The summed E-state index contributed by atoms with van der Waals surface area (Å²) in [5.74, 6) is -0.222. The topological polar surface area (TPSA) is 205 Å². The third-order valence-electron chi connectivity index (χ3n) is 6.25. The van der Waals surface area contributed by atoms with E-state index in [0.717, 1.165) is 32.1 Å². The molecule has 13 nitrogen and oxygen atoms in total. The van der Waals surface area contributed by atoms with Crippen LogP contribution in [0.1, 0.15) is 44.9 Å². The number of aliphatic hydroxyl groups excluding tert-OH is 7. The molecule has 2 rings (SSSR count). The van der Waals surface area contributed by atoms with Gasteiger partial charge in [0.15, 0.2) is 12.6 Å². The van der Waals surface area contributed by atoms with E-state index in [-0.39, 0.29) is 12.6 Å². The minimum Gasteiger partial charge on any atom is -0.469 e. The monoisotopic (exact) mass is 512 g/mol. The second kappa shape index (κ2) is 15.3. The lowest BCUT2D eigenvalue weighted by Gasteiger charge is -2.45. The summed E-state index contributed by atoms with van der Waals surface area (Å²) in [6, 6.07) is 0. The van der Waals surface area contributed by atoms with Gasteiger partial charge in [0, 0.05) is 13.0 Å². The Hall–Kier alpha value is -0.970. The van der Waals surface area contributed by atoms with E-state index in [1.165, 1.54) is 7.11 Å². The minimum absolute atomic E-state index is 0.211. The van der Waals surface area contributed by atoms with Crippen LogP contribution in [0.2, 0.25) is 0 Å². The summed E-state index contributed by atoms with van der Waals surface area (Å²) in [5, 5.41) is 69.8. The molecule has 0 amide bonds. The number of hydrogen-bond donors (Lipinski definition) is 7. The van der Waals surface area contributed by atoms with Crippen molar-refractivity contribution in [1.29, 1.82) is 0 Å². The summed E-state index contributed by atoms with van der Waals surface area (Å²) in [5.41, 5.74) is 0. The third kappa shape index (κ3) is 8.54. The second-order valence-electron chi connectivity index (χ2n) is 8.82. The molecule has 2 saturated heterocycles. The minimum atomic E-state index is -1.72. The highest BCUT2D eigenvalue weighted by molar-refractivity contribution is 5.68. The molecule has 2 aliphatic heterocycles. The number of hydrogen-bond acceptors (Lipinski definition) is 13. The summed E-state index contributed by atoms with van der Waals surface area (Å²) < 4.78 is 26.8. The Bertz CT molecular complexity index is 606. The van der Waals surface area contributed by atoms with Gasteiger partial charge in [0.05, 0.1) is 20.3 Å². The van der Waals surface area contributed by atoms with Crippen molar-refractivity contribution in [2.45, 2.75) is 106 Å². The normalized spacial score (nSPS) is 37.8. The molecule has 0 aromatic carbocycles. The number of unbranched alkanes of at least 4 members (excludes halogenated alkanes) is 5. The fourth-order valence-corrected chi connectivity index (χ4v) is 4.05. The van der Waals surface area contributed by atoms with Crippen LogP contribution in [0.3, 0.4) is 0 Å². The molecule has 13 heteroatoms. The van der Waals surface area contributed by atoms with E-state index in [9.17, 15) is 40.5 Å². The number of esters is 1. The summed E-state index contributed by atoms with van der Waals surface area (Å²) in [7, 11) is 1.36. The number of methoxy groups -OCH3 is 1. The van der Waals surface area contributed by atoms with Gasteiger partial charge >= 0.3 is 5.97 Å². The second-order valence-corrected chi connectivity index (χ2v) is 8.82. The first-order valence-corrected chi connectivity index (χ1v) is 12.0. The molecule has 0 aromatic rings. The van der Waals surface area contributed by atoms with Crippen LogP contribution in [0.15, 0.2) is 0 Å². The van der Waals surface area contributed by atoms with Crippen molar-refractivity contribution in [3.63, 3.8) is 0 Å². The number of ether oxygens (including phenoxy) is 5. The van der Waals surface area contributed by atoms with Crippen molar-refractivity contribution in [2.24, 2.45) is 0 Å². The summed E-state index contributed by atoms with van der Waals surface area (Å²) in [4.78, 5) is 11.1. The Morgan fingerprint density at radius 2 is 1.26 bits per heavy atom. The van der Waals surface area contributed by atoms with Crippen molar-refractivity contribution in [2.75, 3.05) is 26.9 Å². The smallest absolute Gasteiger partial charge is 0.305 e. The van der Waals surface area contributed by atoms with Crippen molar-refractivity contribution >= 4 is 5.97 Å². The molecule has 10 atom stereocenters. The zero-order chi connectivity index (χ0) is 26.0. The Morgan fingerprint density at radius 1 is 0.714 bits per heavy atom. The summed E-state index contributed by atoms with van der Waals surface area (Å²) >= 11 is 0. The Morgan fingerprint density at radius 3 is 1.86 bits per heavy atom. The van der Waals surface area contributed by atoms with Gasteiger partial charge in [0.25, 0.3) is 0 Å². The van der Waals surface area contributed by atoms with Gasteiger partial charge in [0.1, 0.15) is 48.8 Å². The Balaban J connectivity index is 1.86. The maximum absolute atomic E-state index is 11.1. The van der Waals surface area contributed by atoms with Crippen LogP contribution in [0.5, 0.6) is 0 Å². The predicted octanol–water partition coefficient (Wildman–Crippen LogP) is -2.47. The van der Waals surface area contributed by atoms with E-state index in [1.54, 1.807) is 0 Å². The predicted molar refractivity (Wildman–Crippen MR) is 117 cm³/mol. The molecule has 0 bridgehead atoms. The van der Waals surface area contributed by atoms with Gasteiger partial charge < -0.3 is 59.4 Å². The highest BCUT2D eigenvalue weighted by Gasteiger charge is 2.50. The molecule has 2 fully saturated rings. The van der Waals surface area contributed by atoms with Gasteiger partial charge in [-0.05, 0) is 12.8 Å². The average molecular weight is 513 g/mol. The molecule has 35 heavy (non-hydrogen) atoms. The number of carbonyl (C=O) groups is 1. The van der Waals surface area contributed by atoms with E-state index in [1.807, 2.05) is 0 Å². The molecule has 206 valence electrons. The van der Waals surface area contributed by atoms with Gasteiger partial charge in [0.2, 0.25) is 0 Å². The van der Waals surface area contributed by atoms with Gasteiger partial charge in [-0.15, -0.1) is 0 Å². The molecule has 2 aliphatic rings. The first-order chi connectivity index (χ1) is 16.7. The van der Waals surface area contributed by atoms with Crippen molar-refractivity contribution in [3.05, 3.63) is 0 Å². The highest BCUT2D eigenvalue weighted by Crippen LogP contribution is 2.29. The van der Waals surface area contributed by atoms with Crippen LogP contribution >= 0.6 is 0 Å². The van der Waals surface area contributed by atoms with Crippen LogP contribution in [0.4, 0.5) is 0 Å². The van der Waals surface area contributed by atoms with Crippen LogP contribution in [-0.4, -0.2) is 130 Å². The zero-order valence-corrected chi connectivity index (χ0v) is 19.9. The quantitative estimate of drug-likeness (QED) is 0.0953. The fourth-order valence-electron chi connectivity index (χ4n) is 4.05. The van der Waals surface area contributed by atoms with Gasteiger partial charge in [-0.1, -0.05) is 25.7 Å². The van der Waals surface area contributed by atoms with Gasteiger partial charge in [-0.2, -0.15) is 0 Å². The largest absolute Gasteiger partial charge is 0.469 e. The molecular weight excluding hydrogens is 472 g/mol. The molecule has 2 heterocycles. The van der Waals surface area contributed by atoms with E-state index in [0.29, 0.717) is 12.8 Å². The van der Waals surface area contributed by atoms with E-state index < -0.39 is 74.6 Å².